The summed E-state index contributed by atoms with van der Waals surface area (Å²) in [5.74, 6) is -0.153. The number of hydrogen-bond acceptors (Lipinski definition) is 4. The Morgan fingerprint density at radius 1 is 1.16 bits per heavy atom. The maximum absolute atomic E-state index is 13.7. The van der Waals surface area contributed by atoms with Gasteiger partial charge >= 0.3 is 0 Å². The average molecular weight is 348 g/mol. The van der Waals surface area contributed by atoms with Crippen molar-refractivity contribution in [2.45, 2.75) is 19.5 Å². The van der Waals surface area contributed by atoms with E-state index in [0.717, 1.165) is 11.6 Å². The third-order valence-electron chi connectivity index (χ3n) is 3.92. The van der Waals surface area contributed by atoms with Crippen molar-refractivity contribution >= 4 is 5.91 Å². The molecule has 25 heavy (non-hydrogen) atoms. The third kappa shape index (κ3) is 4.24. The Balaban J connectivity index is 1.48. The minimum absolute atomic E-state index is 0.0164. The SMILES string of the molecule is C[C@@H](NCC(=O)NCc1ccc2c(c1)OCO2)c1ccc(F)cc1F. The predicted octanol–water partition coefficient (Wildman–Crippen LogP) is 2.66. The van der Waals surface area contributed by atoms with E-state index in [4.69, 9.17) is 9.47 Å². The topological polar surface area (TPSA) is 59.6 Å². The summed E-state index contributed by atoms with van der Waals surface area (Å²) in [6, 6.07) is 8.42. The molecule has 1 aliphatic rings. The highest BCUT2D eigenvalue weighted by Crippen LogP contribution is 2.32. The van der Waals surface area contributed by atoms with E-state index in [0.29, 0.717) is 23.6 Å². The molecule has 1 atom stereocenters. The van der Waals surface area contributed by atoms with E-state index in [-0.39, 0.29) is 19.2 Å². The fraction of sp³-hybridized carbons (Fsp3) is 0.278. The van der Waals surface area contributed by atoms with Crippen LogP contribution in [0.5, 0.6) is 11.5 Å². The summed E-state index contributed by atoms with van der Waals surface area (Å²) in [5.41, 5.74) is 1.19. The number of halogens is 2. The number of rotatable bonds is 6. The summed E-state index contributed by atoms with van der Waals surface area (Å²) in [5, 5.41) is 5.69. The van der Waals surface area contributed by atoms with Crippen LogP contribution in [0.15, 0.2) is 36.4 Å². The van der Waals surface area contributed by atoms with Crippen molar-refractivity contribution in [2.75, 3.05) is 13.3 Å². The fourth-order valence-corrected chi connectivity index (χ4v) is 2.52. The molecule has 2 N–H and O–H groups in total. The molecule has 0 fully saturated rings. The third-order valence-corrected chi connectivity index (χ3v) is 3.92. The molecule has 0 radical (unpaired) electrons. The van der Waals surface area contributed by atoms with Crippen LogP contribution in [0.2, 0.25) is 0 Å². The molecule has 2 aromatic carbocycles. The molecule has 0 spiro atoms. The first-order valence-electron chi connectivity index (χ1n) is 7.86. The van der Waals surface area contributed by atoms with E-state index in [1.165, 1.54) is 12.1 Å². The fourth-order valence-electron chi connectivity index (χ4n) is 2.52. The minimum atomic E-state index is -0.638. The molecular formula is C18H18F2N2O3. The van der Waals surface area contributed by atoms with E-state index in [1.807, 2.05) is 12.1 Å². The molecule has 1 amide bonds. The normalized spacial score (nSPS) is 13.6. The van der Waals surface area contributed by atoms with Crippen LogP contribution >= 0.6 is 0 Å². The summed E-state index contributed by atoms with van der Waals surface area (Å²) >= 11 is 0. The van der Waals surface area contributed by atoms with Gasteiger partial charge in [0.25, 0.3) is 0 Å². The zero-order chi connectivity index (χ0) is 17.8. The van der Waals surface area contributed by atoms with Crippen LogP contribution in [-0.4, -0.2) is 19.2 Å². The number of benzene rings is 2. The van der Waals surface area contributed by atoms with Gasteiger partial charge < -0.3 is 20.1 Å². The lowest BCUT2D eigenvalue weighted by atomic mass is 10.1. The van der Waals surface area contributed by atoms with Crippen molar-refractivity contribution in [3.05, 3.63) is 59.2 Å². The maximum Gasteiger partial charge on any atom is 0.234 e. The molecule has 0 unspecified atom stereocenters. The summed E-state index contributed by atoms with van der Waals surface area (Å²) in [4.78, 5) is 11.9. The summed E-state index contributed by atoms with van der Waals surface area (Å²) in [7, 11) is 0. The minimum Gasteiger partial charge on any atom is -0.454 e. The Hall–Kier alpha value is -2.67. The molecule has 0 saturated carbocycles. The van der Waals surface area contributed by atoms with Crippen molar-refractivity contribution in [1.29, 1.82) is 0 Å². The van der Waals surface area contributed by atoms with Gasteiger partial charge in [-0.25, -0.2) is 8.78 Å². The van der Waals surface area contributed by atoms with E-state index in [2.05, 4.69) is 10.6 Å². The second kappa shape index (κ2) is 7.48. The average Bonchev–Trinajstić information content (AvgIpc) is 3.05. The molecule has 7 heteroatoms. The van der Waals surface area contributed by atoms with Crippen LogP contribution < -0.4 is 20.1 Å². The molecule has 2 aromatic rings. The zero-order valence-corrected chi connectivity index (χ0v) is 13.6. The number of hydrogen-bond donors (Lipinski definition) is 2. The number of fused-ring (bicyclic) bond motifs is 1. The molecule has 5 nitrogen and oxygen atoms in total. The lowest BCUT2D eigenvalue weighted by Gasteiger charge is -2.15. The van der Waals surface area contributed by atoms with Crippen LogP contribution in [-0.2, 0) is 11.3 Å². The number of carbonyl (C=O) groups is 1. The van der Waals surface area contributed by atoms with Crippen LogP contribution in [0.1, 0.15) is 24.1 Å². The number of amides is 1. The number of ether oxygens (including phenoxy) is 2. The predicted molar refractivity (Wildman–Crippen MR) is 87.2 cm³/mol. The van der Waals surface area contributed by atoms with Crippen LogP contribution in [0, 0.1) is 11.6 Å². The number of carbonyl (C=O) groups excluding carboxylic acids is 1. The maximum atomic E-state index is 13.7. The Morgan fingerprint density at radius 3 is 2.76 bits per heavy atom. The summed E-state index contributed by atoms with van der Waals surface area (Å²) in [6.45, 7) is 2.27. The molecule has 0 bridgehead atoms. The van der Waals surface area contributed by atoms with Gasteiger partial charge in [-0.1, -0.05) is 12.1 Å². The van der Waals surface area contributed by atoms with Gasteiger partial charge in [-0.2, -0.15) is 0 Å². The van der Waals surface area contributed by atoms with E-state index < -0.39 is 17.7 Å². The van der Waals surface area contributed by atoms with E-state index in [9.17, 15) is 13.6 Å². The van der Waals surface area contributed by atoms with Crippen molar-refractivity contribution < 1.29 is 23.0 Å². The van der Waals surface area contributed by atoms with Gasteiger partial charge in [0.2, 0.25) is 12.7 Å². The quantitative estimate of drug-likeness (QED) is 0.843. The van der Waals surface area contributed by atoms with Gasteiger partial charge in [0, 0.05) is 24.2 Å². The van der Waals surface area contributed by atoms with E-state index >= 15 is 0 Å². The standard InChI is InChI=1S/C18H18F2N2O3/c1-11(14-4-3-13(19)7-15(14)20)21-9-18(23)22-8-12-2-5-16-17(6-12)25-10-24-16/h2-7,11,21H,8-10H2,1H3,(H,22,23)/t11-/m1/s1. The molecule has 0 saturated heterocycles. The first kappa shape index (κ1) is 17.2. The van der Waals surface area contributed by atoms with Crippen molar-refractivity contribution in [3.8, 4) is 11.5 Å². The molecule has 3 rings (SSSR count). The van der Waals surface area contributed by atoms with Crippen molar-refractivity contribution in [1.82, 2.24) is 10.6 Å². The summed E-state index contributed by atoms with van der Waals surface area (Å²) < 4.78 is 37.1. The Kier molecular flexibility index (Phi) is 5.14. The molecule has 1 heterocycles. The molecule has 1 aliphatic heterocycles. The van der Waals surface area contributed by atoms with Gasteiger partial charge in [-0.05, 0) is 30.7 Å². The lowest BCUT2D eigenvalue weighted by Crippen LogP contribution is -2.34. The second-order valence-corrected chi connectivity index (χ2v) is 5.73. The highest BCUT2D eigenvalue weighted by Gasteiger charge is 2.14. The van der Waals surface area contributed by atoms with Gasteiger partial charge in [0.1, 0.15) is 11.6 Å². The van der Waals surface area contributed by atoms with Gasteiger partial charge in [0.15, 0.2) is 11.5 Å². The first-order chi connectivity index (χ1) is 12.0. The molecular weight excluding hydrogens is 330 g/mol. The monoisotopic (exact) mass is 348 g/mol. The number of nitrogens with one attached hydrogen (secondary N) is 2. The Labute approximate surface area is 143 Å². The highest BCUT2D eigenvalue weighted by atomic mass is 19.1. The van der Waals surface area contributed by atoms with Gasteiger partial charge in [-0.3, -0.25) is 4.79 Å². The molecule has 132 valence electrons. The van der Waals surface area contributed by atoms with Crippen LogP contribution in [0.3, 0.4) is 0 Å². The first-order valence-corrected chi connectivity index (χ1v) is 7.86. The zero-order valence-electron chi connectivity index (χ0n) is 13.6. The summed E-state index contributed by atoms with van der Waals surface area (Å²) in [6.07, 6.45) is 0. The van der Waals surface area contributed by atoms with Gasteiger partial charge in [0.05, 0.1) is 6.54 Å². The van der Waals surface area contributed by atoms with Crippen molar-refractivity contribution in [3.63, 3.8) is 0 Å². The lowest BCUT2D eigenvalue weighted by molar-refractivity contribution is -0.120. The Bertz CT molecular complexity index is 783. The van der Waals surface area contributed by atoms with Gasteiger partial charge in [-0.15, -0.1) is 0 Å². The van der Waals surface area contributed by atoms with Crippen LogP contribution in [0.4, 0.5) is 8.78 Å². The largest absolute Gasteiger partial charge is 0.454 e. The second-order valence-electron chi connectivity index (χ2n) is 5.73. The smallest absolute Gasteiger partial charge is 0.234 e. The highest BCUT2D eigenvalue weighted by molar-refractivity contribution is 5.78. The Morgan fingerprint density at radius 2 is 1.96 bits per heavy atom. The molecule has 0 aromatic heterocycles. The molecule has 0 aliphatic carbocycles. The van der Waals surface area contributed by atoms with Crippen molar-refractivity contribution in [2.24, 2.45) is 0 Å². The van der Waals surface area contributed by atoms with Crippen LogP contribution in [0.25, 0.3) is 0 Å². The van der Waals surface area contributed by atoms with E-state index in [1.54, 1.807) is 13.0 Å².